The summed E-state index contributed by atoms with van der Waals surface area (Å²) in [4.78, 5) is 11.8. The molecule has 0 amide bonds. The standard InChI is InChI=1S/C12H15BrO4S/c1-8(18(3,15)16)11(14)7-9-4-5-12(17-2)10(13)6-9/h4-6,8H,7H2,1-3H3. The summed E-state index contributed by atoms with van der Waals surface area (Å²) in [5.41, 5.74) is 0.753. The van der Waals surface area contributed by atoms with Gasteiger partial charge in [-0.3, -0.25) is 4.79 Å². The van der Waals surface area contributed by atoms with Gasteiger partial charge in [-0.15, -0.1) is 0 Å². The molecule has 0 saturated heterocycles. The zero-order valence-electron chi connectivity index (χ0n) is 10.4. The molecule has 0 saturated carbocycles. The van der Waals surface area contributed by atoms with E-state index in [1.54, 1.807) is 25.3 Å². The molecule has 100 valence electrons. The van der Waals surface area contributed by atoms with Gasteiger partial charge in [-0.1, -0.05) is 6.07 Å². The molecule has 0 fully saturated rings. The van der Waals surface area contributed by atoms with Gasteiger partial charge in [0.15, 0.2) is 15.6 Å². The van der Waals surface area contributed by atoms with Crippen LogP contribution in [0.15, 0.2) is 22.7 Å². The Morgan fingerprint density at radius 1 is 1.44 bits per heavy atom. The van der Waals surface area contributed by atoms with Gasteiger partial charge in [0.2, 0.25) is 0 Å². The summed E-state index contributed by atoms with van der Waals surface area (Å²) >= 11 is 3.32. The van der Waals surface area contributed by atoms with Gasteiger partial charge < -0.3 is 4.74 Å². The third-order valence-corrected chi connectivity index (χ3v) is 4.86. The number of benzene rings is 1. The van der Waals surface area contributed by atoms with Crippen LogP contribution in [-0.2, 0) is 21.1 Å². The first-order valence-electron chi connectivity index (χ1n) is 5.29. The van der Waals surface area contributed by atoms with Gasteiger partial charge in [-0.2, -0.15) is 0 Å². The lowest BCUT2D eigenvalue weighted by Crippen LogP contribution is -2.27. The molecule has 1 atom stereocenters. The molecule has 0 radical (unpaired) electrons. The normalized spacial score (nSPS) is 13.1. The van der Waals surface area contributed by atoms with Gasteiger partial charge in [0.1, 0.15) is 11.0 Å². The maximum Gasteiger partial charge on any atom is 0.157 e. The first-order valence-corrected chi connectivity index (χ1v) is 8.04. The predicted octanol–water partition coefficient (Wildman–Crippen LogP) is 2.00. The minimum absolute atomic E-state index is 0.0941. The van der Waals surface area contributed by atoms with Crippen LogP contribution < -0.4 is 4.74 Å². The molecule has 1 unspecified atom stereocenters. The second kappa shape index (κ2) is 5.84. The second-order valence-electron chi connectivity index (χ2n) is 4.08. The SMILES string of the molecule is COc1ccc(CC(=O)C(C)S(C)(=O)=O)cc1Br. The highest BCUT2D eigenvalue weighted by molar-refractivity contribution is 9.10. The maximum absolute atomic E-state index is 11.8. The molecule has 0 aliphatic carbocycles. The topological polar surface area (TPSA) is 60.4 Å². The number of carbonyl (C=O) groups excluding carboxylic acids is 1. The molecule has 1 rings (SSSR count). The number of methoxy groups -OCH3 is 1. The molecule has 0 aliphatic rings. The highest BCUT2D eigenvalue weighted by Gasteiger charge is 2.23. The van der Waals surface area contributed by atoms with Crippen LogP contribution in [-0.4, -0.2) is 32.8 Å². The summed E-state index contributed by atoms with van der Waals surface area (Å²) in [7, 11) is -1.78. The predicted molar refractivity (Wildman–Crippen MR) is 73.7 cm³/mol. The second-order valence-corrected chi connectivity index (χ2v) is 7.30. The fraction of sp³-hybridized carbons (Fsp3) is 0.417. The Kier molecular flexibility index (Phi) is 4.92. The summed E-state index contributed by atoms with van der Waals surface area (Å²) in [6.07, 6.45) is 1.16. The minimum Gasteiger partial charge on any atom is -0.496 e. The molecule has 1 aromatic carbocycles. The largest absolute Gasteiger partial charge is 0.496 e. The number of carbonyl (C=O) groups is 1. The van der Waals surface area contributed by atoms with Gasteiger partial charge in [0, 0.05) is 12.7 Å². The van der Waals surface area contributed by atoms with E-state index in [9.17, 15) is 13.2 Å². The van der Waals surface area contributed by atoms with E-state index in [0.717, 1.165) is 16.3 Å². The fourth-order valence-electron chi connectivity index (χ4n) is 1.40. The van der Waals surface area contributed by atoms with Crippen LogP contribution in [0.4, 0.5) is 0 Å². The van der Waals surface area contributed by atoms with Crippen molar-refractivity contribution in [2.24, 2.45) is 0 Å². The summed E-state index contributed by atoms with van der Waals surface area (Å²) in [6, 6.07) is 5.24. The molecule has 4 nitrogen and oxygen atoms in total. The monoisotopic (exact) mass is 334 g/mol. The molecule has 0 bridgehead atoms. The molecular formula is C12H15BrO4S. The van der Waals surface area contributed by atoms with Gasteiger partial charge in [-0.05, 0) is 40.5 Å². The van der Waals surface area contributed by atoms with E-state index in [1.807, 2.05) is 0 Å². The molecule has 0 spiro atoms. The highest BCUT2D eigenvalue weighted by Crippen LogP contribution is 2.26. The van der Waals surface area contributed by atoms with Crippen molar-refractivity contribution >= 4 is 31.6 Å². The van der Waals surface area contributed by atoms with Crippen molar-refractivity contribution in [3.63, 3.8) is 0 Å². The molecule has 1 aromatic rings. The molecule has 0 N–H and O–H groups in total. The lowest BCUT2D eigenvalue weighted by Gasteiger charge is -2.09. The molecular weight excluding hydrogens is 320 g/mol. The summed E-state index contributed by atoms with van der Waals surface area (Å²) in [6.45, 7) is 1.41. The Bertz CT molecular complexity index is 551. The van der Waals surface area contributed by atoms with Crippen LogP contribution in [0.1, 0.15) is 12.5 Å². The number of hydrogen-bond acceptors (Lipinski definition) is 4. The number of ketones is 1. The number of halogens is 1. The highest BCUT2D eigenvalue weighted by atomic mass is 79.9. The van der Waals surface area contributed by atoms with Crippen LogP contribution >= 0.6 is 15.9 Å². The summed E-state index contributed by atoms with van der Waals surface area (Å²) in [5.74, 6) is 0.358. The molecule has 6 heteroatoms. The number of rotatable bonds is 5. The van der Waals surface area contributed by atoms with Crippen molar-refractivity contribution in [3.05, 3.63) is 28.2 Å². The summed E-state index contributed by atoms with van der Waals surface area (Å²) in [5, 5.41) is -0.974. The third-order valence-electron chi connectivity index (χ3n) is 2.69. The van der Waals surface area contributed by atoms with Gasteiger partial charge >= 0.3 is 0 Å². The van der Waals surface area contributed by atoms with Crippen LogP contribution in [0.25, 0.3) is 0 Å². The Morgan fingerprint density at radius 3 is 2.50 bits per heavy atom. The average molecular weight is 335 g/mol. The van der Waals surface area contributed by atoms with Crippen molar-refractivity contribution in [2.45, 2.75) is 18.6 Å². The van der Waals surface area contributed by atoms with E-state index < -0.39 is 15.1 Å². The van der Waals surface area contributed by atoms with Crippen molar-refractivity contribution in [2.75, 3.05) is 13.4 Å². The van der Waals surface area contributed by atoms with Gasteiger partial charge in [0.25, 0.3) is 0 Å². The first-order chi connectivity index (χ1) is 8.25. The van der Waals surface area contributed by atoms with Gasteiger partial charge in [0.05, 0.1) is 11.6 Å². The fourth-order valence-corrected chi connectivity index (χ4v) is 2.55. The minimum atomic E-state index is -3.33. The first kappa shape index (κ1) is 15.2. The maximum atomic E-state index is 11.8. The van der Waals surface area contributed by atoms with Crippen molar-refractivity contribution in [1.82, 2.24) is 0 Å². The number of Topliss-reactive ketones (excluding diaryl/α,β-unsaturated/α-hetero) is 1. The van der Waals surface area contributed by atoms with Crippen molar-refractivity contribution in [1.29, 1.82) is 0 Å². The molecule has 0 aromatic heterocycles. The lowest BCUT2D eigenvalue weighted by molar-refractivity contribution is -0.117. The smallest absolute Gasteiger partial charge is 0.157 e. The molecule has 0 aliphatic heterocycles. The van der Waals surface area contributed by atoms with E-state index in [0.29, 0.717) is 5.75 Å². The van der Waals surface area contributed by atoms with Crippen LogP contribution in [0.3, 0.4) is 0 Å². The lowest BCUT2D eigenvalue weighted by atomic mass is 10.1. The van der Waals surface area contributed by atoms with Gasteiger partial charge in [-0.25, -0.2) is 8.42 Å². The Labute approximate surface area is 115 Å². The Hall–Kier alpha value is -0.880. The van der Waals surface area contributed by atoms with Crippen molar-refractivity contribution in [3.8, 4) is 5.75 Å². The zero-order chi connectivity index (χ0) is 13.9. The molecule has 18 heavy (non-hydrogen) atoms. The number of ether oxygens (including phenoxy) is 1. The quantitative estimate of drug-likeness (QED) is 0.826. The van der Waals surface area contributed by atoms with Crippen LogP contribution in [0.5, 0.6) is 5.75 Å². The van der Waals surface area contributed by atoms with E-state index in [4.69, 9.17) is 4.74 Å². The van der Waals surface area contributed by atoms with E-state index in [1.165, 1.54) is 6.92 Å². The van der Waals surface area contributed by atoms with Crippen LogP contribution in [0, 0.1) is 0 Å². The summed E-state index contributed by atoms with van der Waals surface area (Å²) < 4.78 is 28.4. The van der Waals surface area contributed by atoms with E-state index in [2.05, 4.69) is 15.9 Å². The van der Waals surface area contributed by atoms with E-state index in [-0.39, 0.29) is 12.2 Å². The molecule has 0 heterocycles. The number of hydrogen-bond donors (Lipinski definition) is 0. The Balaban J connectivity index is 2.86. The third kappa shape index (κ3) is 3.81. The van der Waals surface area contributed by atoms with Crippen LogP contribution in [0.2, 0.25) is 0 Å². The van der Waals surface area contributed by atoms with Crippen molar-refractivity contribution < 1.29 is 17.9 Å². The average Bonchev–Trinajstić information content (AvgIpc) is 2.27. The number of sulfone groups is 1. The van der Waals surface area contributed by atoms with E-state index >= 15 is 0 Å². The Morgan fingerprint density at radius 2 is 2.06 bits per heavy atom. The zero-order valence-corrected chi connectivity index (χ0v) is 12.8.